The molecule has 0 atom stereocenters. The summed E-state index contributed by atoms with van der Waals surface area (Å²) in [5.41, 5.74) is 8.30. The van der Waals surface area contributed by atoms with E-state index in [2.05, 4.69) is 42.0 Å². The summed E-state index contributed by atoms with van der Waals surface area (Å²) >= 11 is 0. The Morgan fingerprint density at radius 3 is 2.81 bits per heavy atom. The molecule has 0 aliphatic rings. The Balaban J connectivity index is 2.27. The maximum atomic E-state index is 5.74. The molecule has 2 heteroatoms. The summed E-state index contributed by atoms with van der Waals surface area (Å²) < 4.78 is 2.34. The molecular formula is C14H20N2. The van der Waals surface area contributed by atoms with Gasteiger partial charge in [0, 0.05) is 30.2 Å². The summed E-state index contributed by atoms with van der Waals surface area (Å²) in [7, 11) is 0. The molecule has 1 aromatic heterocycles. The van der Waals surface area contributed by atoms with Crippen LogP contribution in [0, 0.1) is 0 Å². The van der Waals surface area contributed by atoms with Gasteiger partial charge in [0.1, 0.15) is 0 Å². The molecule has 0 bridgehead atoms. The zero-order valence-corrected chi connectivity index (χ0v) is 9.95. The van der Waals surface area contributed by atoms with Gasteiger partial charge in [-0.15, -0.1) is 0 Å². The van der Waals surface area contributed by atoms with Gasteiger partial charge in [0.05, 0.1) is 0 Å². The van der Waals surface area contributed by atoms with Crippen molar-refractivity contribution < 1.29 is 0 Å². The molecule has 1 aromatic carbocycles. The predicted molar refractivity (Wildman–Crippen MR) is 69.4 cm³/mol. The van der Waals surface area contributed by atoms with Crippen LogP contribution in [0.2, 0.25) is 0 Å². The maximum Gasteiger partial charge on any atom is 0.0483 e. The van der Waals surface area contributed by atoms with Crippen molar-refractivity contribution in [2.45, 2.75) is 39.3 Å². The number of benzene rings is 1. The van der Waals surface area contributed by atoms with Crippen molar-refractivity contribution in [1.29, 1.82) is 0 Å². The minimum absolute atomic E-state index is 0.621. The molecule has 2 aromatic rings. The number of rotatable bonds is 5. The highest BCUT2D eigenvalue weighted by Crippen LogP contribution is 2.20. The number of hydrogen-bond acceptors (Lipinski definition) is 1. The topological polar surface area (TPSA) is 30.9 Å². The van der Waals surface area contributed by atoms with Crippen molar-refractivity contribution in [2.24, 2.45) is 5.73 Å². The van der Waals surface area contributed by atoms with E-state index in [4.69, 9.17) is 5.73 Å². The van der Waals surface area contributed by atoms with E-state index < -0.39 is 0 Å². The van der Waals surface area contributed by atoms with E-state index in [1.54, 1.807) is 0 Å². The molecule has 0 spiro atoms. The van der Waals surface area contributed by atoms with Gasteiger partial charge < -0.3 is 10.3 Å². The highest BCUT2D eigenvalue weighted by Gasteiger charge is 2.03. The van der Waals surface area contributed by atoms with Gasteiger partial charge in [-0.05, 0) is 24.1 Å². The highest BCUT2D eigenvalue weighted by atomic mass is 14.9. The first-order valence-electron chi connectivity index (χ1n) is 6.13. The third-order valence-electron chi connectivity index (χ3n) is 3.13. The van der Waals surface area contributed by atoms with Crippen molar-refractivity contribution in [3.05, 3.63) is 36.0 Å². The molecule has 0 saturated carbocycles. The molecule has 0 amide bonds. The van der Waals surface area contributed by atoms with Gasteiger partial charge >= 0.3 is 0 Å². The van der Waals surface area contributed by atoms with E-state index in [9.17, 15) is 0 Å². The molecule has 0 aliphatic carbocycles. The Labute approximate surface area is 97.1 Å². The summed E-state index contributed by atoms with van der Waals surface area (Å²) in [5.74, 6) is 0. The first-order chi connectivity index (χ1) is 7.86. The second-order valence-electron chi connectivity index (χ2n) is 4.27. The van der Waals surface area contributed by atoms with Gasteiger partial charge in [-0.2, -0.15) is 0 Å². The lowest BCUT2D eigenvalue weighted by atomic mass is 10.1. The van der Waals surface area contributed by atoms with Crippen LogP contribution in [-0.4, -0.2) is 4.57 Å². The van der Waals surface area contributed by atoms with Crippen molar-refractivity contribution >= 4 is 10.9 Å². The summed E-state index contributed by atoms with van der Waals surface area (Å²) in [6, 6.07) is 8.57. The van der Waals surface area contributed by atoms with Crippen molar-refractivity contribution in [3.63, 3.8) is 0 Å². The maximum absolute atomic E-state index is 5.74. The number of unbranched alkanes of at least 4 members (excludes halogenated alkanes) is 2. The fraction of sp³-hybridized carbons (Fsp3) is 0.429. The molecule has 0 unspecified atom stereocenters. The minimum Gasteiger partial charge on any atom is -0.347 e. The molecule has 0 radical (unpaired) electrons. The zero-order valence-electron chi connectivity index (χ0n) is 9.95. The molecule has 1 heterocycles. The predicted octanol–water partition coefficient (Wildman–Crippen LogP) is 3.29. The molecule has 16 heavy (non-hydrogen) atoms. The van der Waals surface area contributed by atoms with Crippen molar-refractivity contribution in [2.75, 3.05) is 0 Å². The summed E-state index contributed by atoms with van der Waals surface area (Å²) in [6.45, 7) is 3.97. The van der Waals surface area contributed by atoms with Crippen LogP contribution in [0.15, 0.2) is 30.5 Å². The second-order valence-corrected chi connectivity index (χ2v) is 4.27. The number of hydrogen-bond donors (Lipinski definition) is 1. The fourth-order valence-electron chi connectivity index (χ4n) is 2.19. The SMILES string of the molecule is CCCCCn1ccc2c(CN)cccc21. The molecule has 2 rings (SSSR count). The fourth-order valence-corrected chi connectivity index (χ4v) is 2.19. The van der Waals surface area contributed by atoms with Gasteiger partial charge in [0.25, 0.3) is 0 Å². The van der Waals surface area contributed by atoms with Gasteiger partial charge in [-0.25, -0.2) is 0 Å². The van der Waals surface area contributed by atoms with E-state index in [1.807, 2.05) is 0 Å². The molecule has 86 valence electrons. The van der Waals surface area contributed by atoms with E-state index in [1.165, 1.54) is 35.7 Å². The molecule has 0 aliphatic heterocycles. The number of fused-ring (bicyclic) bond motifs is 1. The zero-order chi connectivity index (χ0) is 11.4. The standard InChI is InChI=1S/C14H20N2/c1-2-3-4-9-16-10-8-13-12(11-15)6-5-7-14(13)16/h5-8,10H,2-4,9,11,15H2,1H3. The van der Waals surface area contributed by atoms with E-state index in [0.717, 1.165) is 6.54 Å². The first kappa shape index (κ1) is 11.2. The minimum atomic E-state index is 0.621. The van der Waals surface area contributed by atoms with Gasteiger partial charge in [0.2, 0.25) is 0 Å². The van der Waals surface area contributed by atoms with Crippen LogP contribution in [0.3, 0.4) is 0 Å². The Morgan fingerprint density at radius 1 is 1.19 bits per heavy atom. The lowest BCUT2D eigenvalue weighted by molar-refractivity contribution is 0.616. The van der Waals surface area contributed by atoms with Gasteiger partial charge in [0.15, 0.2) is 0 Å². The van der Waals surface area contributed by atoms with Gasteiger partial charge in [-0.1, -0.05) is 31.9 Å². The average Bonchev–Trinajstić information content (AvgIpc) is 2.73. The Kier molecular flexibility index (Phi) is 3.62. The lowest BCUT2D eigenvalue weighted by Gasteiger charge is -2.05. The smallest absolute Gasteiger partial charge is 0.0483 e. The first-order valence-corrected chi connectivity index (χ1v) is 6.13. The molecule has 0 saturated heterocycles. The van der Waals surface area contributed by atoms with Crippen molar-refractivity contribution in [1.82, 2.24) is 4.57 Å². The van der Waals surface area contributed by atoms with Gasteiger partial charge in [-0.3, -0.25) is 0 Å². The van der Waals surface area contributed by atoms with Crippen LogP contribution in [0.25, 0.3) is 10.9 Å². The second kappa shape index (κ2) is 5.17. The Hall–Kier alpha value is -1.28. The quantitative estimate of drug-likeness (QED) is 0.764. The molecule has 2 nitrogen and oxygen atoms in total. The van der Waals surface area contributed by atoms with E-state index in [-0.39, 0.29) is 0 Å². The number of aromatic nitrogens is 1. The van der Waals surface area contributed by atoms with Crippen LogP contribution in [0.5, 0.6) is 0 Å². The Bertz CT molecular complexity index is 457. The van der Waals surface area contributed by atoms with Crippen LogP contribution < -0.4 is 5.73 Å². The average molecular weight is 216 g/mol. The molecule has 2 N–H and O–H groups in total. The Morgan fingerprint density at radius 2 is 2.06 bits per heavy atom. The third-order valence-corrected chi connectivity index (χ3v) is 3.13. The number of nitrogens with two attached hydrogens (primary N) is 1. The summed E-state index contributed by atoms with van der Waals surface area (Å²) in [4.78, 5) is 0. The molecule has 0 fully saturated rings. The third kappa shape index (κ3) is 2.12. The normalized spacial score (nSPS) is 11.1. The van der Waals surface area contributed by atoms with Crippen LogP contribution in [0.4, 0.5) is 0 Å². The number of aryl methyl sites for hydroxylation is 1. The van der Waals surface area contributed by atoms with Crippen molar-refractivity contribution in [3.8, 4) is 0 Å². The van der Waals surface area contributed by atoms with Crippen LogP contribution >= 0.6 is 0 Å². The number of nitrogens with zero attached hydrogens (tertiary/aromatic N) is 1. The van der Waals surface area contributed by atoms with E-state index >= 15 is 0 Å². The molecular weight excluding hydrogens is 196 g/mol. The van der Waals surface area contributed by atoms with Crippen LogP contribution in [0.1, 0.15) is 31.7 Å². The largest absolute Gasteiger partial charge is 0.347 e. The lowest BCUT2D eigenvalue weighted by Crippen LogP contribution is -1.98. The monoisotopic (exact) mass is 216 g/mol. The van der Waals surface area contributed by atoms with Crippen LogP contribution in [-0.2, 0) is 13.1 Å². The summed E-state index contributed by atoms with van der Waals surface area (Å²) in [6.07, 6.45) is 6.01. The summed E-state index contributed by atoms with van der Waals surface area (Å²) in [5, 5.41) is 1.31. The van der Waals surface area contributed by atoms with E-state index in [0.29, 0.717) is 6.54 Å². The highest BCUT2D eigenvalue weighted by molar-refractivity contribution is 5.83.